The number of methoxy groups -OCH3 is 1. The maximum absolute atomic E-state index is 12.8. The number of non-ortho nitro benzene ring substituents is 1. The maximum Gasteiger partial charge on any atom is 0.428 e. The zero-order chi connectivity index (χ0) is 17.8. The number of rotatable bonds is 5. The summed E-state index contributed by atoms with van der Waals surface area (Å²) in [6.45, 7) is 0. The Hall–Kier alpha value is -2.69. The van der Waals surface area contributed by atoms with Crippen molar-refractivity contribution in [3.05, 3.63) is 34.4 Å². The van der Waals surface area contributed by atoms with Crippen LogP contribution in [-0.4, -0.2) is 40.8 Å². The van der Waals surface area contributed by atoms with Crippen LogP contribution in [0.1, 0.15) is 6.42 Å². The number of alkyl halides is 3. The van der Waals surface area contributed by atoms with Crippen molar-refractivity contribution >= 4 is 23.3 Å². The molecule has 0 aliphatic rings. The van der Waals surface area contributed by atoms with Gasteiger partial charge in [-0.15, -0.1) is 0 Å². The fraction of sp³-hybridized carbons (Fsp3) is 0.333. The number of ether oxygens (including phenoxy) is 1. The van der Waals surface area contributed by atoms with Gasteiger partial charge in [0.15, 0.2) is 0 Å². The number of anilines is 1. The highest BCUT2D eigenvalue weighted by atomic mass is 19.4. The van der Waals surface area contributed by atoms with Crippen LogP contribution in [0.15, 0.2) is 24.3 Å². The lowest BCUT2D eigenvalue weighted by Crippen LogP contribution is -2.54. The predicted octanol–water partition coefficient (Wildman–Crippen LogP) is 1.39. The first kappa shape index (κ1) is 18.4. The van der Waals surface area contributed by atoms with Crippen molar-refractivity contribution in [2.75, 3.05) is 12.4 Å². The van der Waals surface area contributed by atoms with Crippen LogP contribution in [0.2, 0.25) is 0 Å². The number of nitro benzene ring substituents is 1. The van der Waals surface area contributed by atoms with E-state index in [-0.39, 0.29) is 5.69 Å². The Morgan fingerprint density at radius 1 is 1.39 bits per heavy atom. The van der Waals surface area contributed by atoms with E-state index in [1.165, 1.54) is 12.1 Å². The molecule has 0 aliphatic heterocycles. The van der Waals surface area contributed by atoms with Gasteiger partial charge < -0.3 is 15.2 Å². The molecule has 0 heterocycles. The van der Waals surface area contributed by atoms with Crippen molar-refractivity contribution in [3.8, 4) is 0 Å². The normalized spacial score (nSPS) is 13.8. The van der Waals surface area contributed by atoms with Crippen LogP contribution in [0.4, 0.5) is 24.5 Å². The second kappa shape index (κ2) is 6.60. The first-order chi connectivity index (χ1) is 10.5. The first-order valence-corrected chi connectivity index (χ1v) is 5.93. The molecule has 0 unspecified atom stereocenters. The lowest BCUT2D eigenvalue weighted by Gasteiger charge is -2.26. The van der Waals surface area contributed by atoms with E-state index in [0.29, 0.717) is 7.11 Å². The molecule has 1 aromatic rings. The maximum atomic E-state index is 12.8. The van der Waals surface area contributed by atoms with Gasteiger partial charge in [0.2, 0.25) is 5.91 Å². The molecule has 0 aliphatic carbocycles. The van der Waals surface area contributed by atoms with Crippen LogP contribution in [0.25, 0.3) is 0 Å². The third kappa shape index (κ3) is 4.16. The van der Waals surface area contributed by atoms with Crippen molar-refractivity contribution < 1.29 is 37.5 Å². The van der Waals surface area contributed by atoms with Gasteiger partial charge in [-0.1, -0.05) is 6.07 Å². The van der Waals surface area contributed by atoms with E-state index < -0.39 is 40.7 Å². The lowest BCUT2D eigenvalue weighted by atomic mass is 9.98. The van der Waals surface area contributed by atoms with Gasteiger partial charge in [0.1, 0.15) is 0 Å². The Labute approximate surface area is 127 Å². The molecule has 1 amide bonds. The second-order valence-corrected chi connectivity index (χ2v) is 4.38. The summed E-state index contributed by atoms with van der Waals surface area (Å²) in [6, 6.07) is 4.40. The minimum absolute atomic E-state index is 0.168. The van der Waals surface area contributed by atoms with Crippen molar-refractivity contribution in [2.24, 2.45) is 0 Å². The van der Waals surface area contributed by atoms with Crippen LogP contribution in [0, 0.1) is 10.1 Å². The molecule has 0 aromatic heterocycles. The number of nitro groups is 1. The number of nitrogens with one attached hydrogen (secondary N) is 1. The van der Waals surface area contributed by atoms with Crippen LogP contribution >= 0.6 is 0 Å². The van der Waals surface area contributed by atoms with E-state index in [1.54, 1.807) is 0 Å². The zero-order valence-corrected chi connectivity index (χ0v) is 11.6. The summed E-state index contributed by atoms with van der Waals surface area (Å²) < 4.78 is 42.2. The van der Waals surface area contributed by atoms with Gasteiger partial charge in [0, 0.05) is 17.8 Å². The fourth-order valence-electron chi connectivity index (χ4n) is 1.59. The molecule has 8 nitrogen and oxygen atoms in total. The van der Waals surface area contributed by atoms with Gasteiger partial charge in [-0.25, -0.2) is 4.79 Å². The number of halogens is 3. The highest BCUT2D eigenvalue weighted by Gasteiger charge is 2.61. The van der Waals surface area contributed by atoms with Crippen LogP contribution in [0.5, 0.6) is 0 Å². The average molecular weight is 336 g/mol. The van der Waals surface area contributed by atoms with Gasteiger partial charge in [-0.2, -0.15) is 13.2 Å². The van der Waals surface area contributed by atoms with E-state index in [9.17, 15) is 38.0 Å². The van der Waals surface area contributed by atoms with Gasteiger partial charge in [0.25, 0.3) is 11.3 Å². The number of carbonyl (C=O) groups is 2. The summed E-state index contributed by atoms with van der Waals surface area (Å²) in [5.41, 5.74) is -4.59. The average Bonchev–Trinajstić information content (AvgIpc) is 2.45. The summed E-state index contributed by atoms with van der Waals surface area (Å²) in [5, 5.41) is 21.9. The molecule has 1 atom stereocenters. The van der Waals surface area contributed by atoms with Gasteiger partial charge >= 0.3 is 12.1 Å². The molecule has 0 saturated heterocycles. The summed E-state index contributed by atoms with van der Waals surface area (Å²) >= 11 is 0. The zero-order valence-electron chi connectivity index (χ0n) is 11.6. The third-order valence-electron chi connectivity index (χ3n) is 2.75. The number of esters is 1. The smallest absolute Gasteiger partial charge is 0.428 e. The largest absolute Gasteiger partial charge is 0.467 e. The van der Waals surface area contributed by atoms with E-state index in [0.717, 1.165) is 12.1 Å². The molecule has 0 radical (unpaired) electrons. The van der Waals surface area contributed by atoms with E-state index in [2.05, 4.69) is 4.74 Å². The fourth-order valence-corrected chi connectivity index (χ4v) is 1.59. The summed E-state index contributed by atoms with van der Waals surface area (Å²) in [5.74, 6) is -3.42. The van der Waals surface area contributed by atoms with Crippen molar-refractivity contribution in [1.29, 1.82) is 0 Å². The number of nitrogens with zero attached hydrogens (tertiary/aromatic N) is 1. The molecule has 0 fully saturated rings. The highest BCUT2D eigenvalue weighted by Crippen LogP contribution is 2.34. The number of hydrogen-bond donors (Lipinski definition) is 2. The van der Waals surface area contributed by atoms with Crippen molar-refractivity contribution in [2.45, 2.75) is 18.2 Å². The molecular weight excluding hydrogens is 325 g/mol. The minimum atomic E-state index is -5.44. The SMILES string of the molecule is COC(=O)[C@@](O)(CC(=O)Nc1cccc([N+](=O)[O-])c1)C(F)(F)F. The van der Waals surface area contributed by atoms with Crippen LogP contribution in [-0.2, 0) is 14.3 Å². The number of aliphatic hydroxyl groups is 1. The van der Waals surface area contributed by atoms with E-state index in [4.69, 9.17) is 0 Å². The van der Waals surface area contributed by atoms with E-state index >= 15 is 0 Å². The molecule has 11 heteroatoms. The highest BCUT2D eigenvalue weighted by molar-refractivity contribution is 5.96. The monoisotopic (exact) mass is 336 g/mol. The molecule has 2 N–H and O–H groups in total. The summed E-state index contributed by atoms with van der Waals surface area (Å²) in [6.07, 6.45) is -7.11. The number of carbonyl (C=O) groups excluding carboxylic acids is 2. The van der Waals surface area contributed by atoms with Gasteiger partial charge in [0.05, 0.1) is 18.5 Å². The standard InChI is InChI=1S/C12H11F3N2O6/c1-23-10(19)11(20,12(13,14)15)6-9(18)16-7-3-2-4-8(5-7)17(21)22/h2-5,20H,6H2,1H3,(H,16,18)/t11-/m0/s1. The Morgan fingerprint density at radius 3 is 2.48 bits per heavy atom. The Morgan fingerprint density at radius 2 is 2.00 bits per heavy atom. The molecular formula is C12H11F3N2O6. The van der Waals surface area contributed by atoms with E-state index in [1.807, 2.05) is 5.32 Å². The number of benzene rings is 1. The Balaban J connectivity index is 2.95. The van der Waals surface area contributed by atoms with Gasteiger partial charge in [-0.3, -0.25) is 14.9 Å². The number of hydrogen-bond acceptors (Lipinski definition) is 6. The summed E-state index contributed by atoms with van der Waals surface area (Å²) in [7, 11) is 0.623. The Kier molecular flexibility index (Phi) is 5.27. The minimum Gasteiger partial charge on any atom is -0.467 e. The Bertz CT molecular complexity index is 633. The predicted molar refractivity (Wildman–Crippen MR) is 69.4 cm³/mol. The molecule has 1 rings (SSSR count). The van der Waals surface area contributed by atoms with Crippen molar-refractivity contribution in [3.63, 3.8) is 0 Å². The van der Waals surface area contributed by atoms with Crippen LogP contribution < -0.4 is 5.32 Å². The van der Waals surface area contributed by atoms with Crippen molar-refractivity contribution in [1.82, 2.24) is 0 Å². The number of amides is 1. The molecule has 0 saturated carbocycles. The van der Waals surface area contributed by atoms with Crippen LogP contribution in [0.3, 0.4) is 0 Å². The molecule has 23 heavy (non-hydrogen) atoms. The molecule has 0 spiro atoms. The second-order valence-electron chi connectivity index (χ2n) is 4.38. The molecule has 126 valence electrons. The quantitative estimate of drug-likeness (QED) is 0.476. The first-order valence-electron chi connectivity index (χ1n) is 5.93. The lowest BCUT2D eigenvalue weighted by molar-refractivity contribution is -0.384. The molecule has 0 bridgehead atoms. The topological polar surface area (TPSA) is 119 Å². The van der Waals surface area contributed by atoms with Gasteiger partial charge in [-0.05, 0) is 6.07 Å². The third-order valence-corrected chi connectivity index (χ3v) is 2.75. The summed E-state index contributed by atoms with van der Waals surface area (Å²) in [4.78, 5) is 32.6. The molecule has 1 aromatic carbocycles.